The summed E-state index contributed by atoms with van der Waals surface area (Å²) in [6.45, 7) is 5.56. The van der Waals surface area contributed by atoms with Crippen molar-refractivity contribution in [1.29, 1.82) is 0 Å². The number of likely N-dealkylation sites (tertiary alicyclic amines) is 1. The zero-order chi connectivity index (χ0) is 15.2. The van der Waals surface area contributed by atoms with Gasteiger partial charge in [-0.1, -0.05) is 0 Å². The van der Waals surface area contributed by atoms with Crippen molar-refractivity contribution in [2.45, 2.75) is 19.8 Å². The maximum atomic E-state index is 12.4. The van der Waals surface area contributed by atoms with Gasteiger partial charge in [-0.2, -0.15) is 5.10 Å². The smallest absolute Gasteiger partial charge is 0.274 e. The molecule has 0 bridgehead atoms. The van der Waals surface area contributed by atoms with Crippen LogP contribution in [0.15, 0.2) is 6.07 Å². The van der Waals surface area contributed by atoms with Crippen LogP contribution in [0.25, 0.3) is 0 Å². The van der Waals surface area contributed by atoms with E-state index in [2.05, 4.69) is 5.10 Å². The fourth-order valence-electron chi connectivity index (χ4n) is 2.52. The molecule has 0 unspecified atom stereocenters. The van der Waals surface area contributed by atoms with Crippen LogP contribution in [-0.2, 0) is 16.5 Å². The summed E-state index contributed by atoms with van der Waals surface area (Å²) in [7, 11) is 3.53. The Morgan fingerprint density at radius 3 is 2.67 bits per heavy atom. The third kappa shape index (κ3) is 4.28. The standard InChI is InChI=1S/C15H25N3O3/c1-12-10-14(16-17(12)2)15(19)18-6-4-13(5-7-18)11-21-9-8-20-3/h10,13H,4-9,11H2,1-3H3. The Kier molecular flexibility index (Phi) is 5.76. The van der Waals surface area contributed by atoms with Gasteiger partial charge in [-0.15, -0.1) is 0 Å². The number of carbonyl (C=O) groups excluding carboxylic acids is 1. The summed E-state index contributed by atoms with van der Waals surface area (Å²) in [5.74, 6) is 0.578. The summed E-state index contributed by atoms with van der Waals surface area (Å²) in [5, 5.41) is 4.26. The highest BCUT2D eigenvalue weighted by Crippen LogP contribution is 2.19. The molecule has 0 radical (unpaired) electrons. The average Bonchev–Trinajstić information content (AvgIpc) is 2.83. The van der Waals surface area contributed by atoms with E-state index in [1.807, 2.05) is 24.9 Å². The van der Waals surface area contributed by atoms with Crippen molar-refractivity contribution >= 4 is 5.91 Å². The summed E-state index contributed by atoms with van der Waals surface area (Å²) >= 11 is 0. The number of nitrogens with zero attached hydrogens (tertiary/aromatic N) is 3. The van der Waals surface area contributed by atoms with E-state index in [0.717, 1.165) is 38.2 Å². The van der Waals surface area contributed by atoms with Crippen molar-refractivity contribution in [1.82, 2.24) is 14.7 Å². The number of methoxy groups -OCH3 is 1. The Labute approximate surface area is 126 Å². The van der Waals surface area contributed by atoms with Crippen LogP contribution in [0.1, 0.15) is 29.0 Å². The number of aryl methyl sites for hydroxylation is 2. The van der Waals surface area contributed by atoms with Crippen molar-refractivity contribution < 1.29 is 14.3 Å². The molecule has 0 aliphatic carbocycles. The van der Waals surface area contributed by atoms with Gasteiger partial charge in [-0.25, -0.2) is 0 Å². The largest absolute Gasteiger partial charge is 0.382 e. The summed E-state index contributed by atoms with van der Waals surface area (Å²) in [5.41, 5.74) is 1.55. The molecule has 1 fully saturated rings. The molecular formula is C15H25N3O3. The van der Waals surface area contributed by atoms with Gasteiger partial charge in [0.15, 0.2) is 5.69 Å². The van der Waals surface area contributed by atoms with E-state index in [4.69, 9.17) is 9.47 Å². The Morgan fingerprint density at radius 1 is 1.38 bits per heavy atom. The minimum absolute atomic E-state index is 0.0393. The predicted octanol–water partition coefficient (Wildman–Crippen LogP) is 1.24. The highest BCUT2D eigenvalue weighted by Gasteiger charge is 2.25. The van der Waals surface area contributed by atoms with Gasteiger partial charge >= 0.3 is 0 Å². The molecule has 6 heteroatoms. The Morgan fingerprint density at radius 2 is 2.10 bits per heavy atom. The first-order valence-corrected chi connectivity index (χ1v) is 7.48. The molecule has 0 aromatic carbocycles. The first kappa shape index (κ1) is 16.0. The summed E-state index contributed by atoms with van der Waals surface area (Å²) < 4.78 is 12.3. The molecule has 0 N–H and O–H groups in total. The third-order valence-corrected chi connectivity index (χ3v) is 4.02. The number of carbonyl (C=O) groups is 1. The van der Waals surface area contributed by atoms with Crippen molar-refractivity contribution in [3.63, 3.8) is 0 Å². The molecule has 1 aliphatic rings. The minimum Gasteiger partial charge on any atom is -0.382 e. The molecule has 21 heavy (non-hydrogen) atoms. The lowest BCUT2D eigenvalue weighted by Gasteiger charge is -2.31. The topological polar surface area (TPSA) is 56.6 Å². The molecule has 0 saturated carbocycles. The van der Waals surface area contributed by atoms with E-state index < -0.39 is 0 Å². The normalized spacial score (nSPS) is 16.4. The van der Waals surface area contributed by atoms with Crippen LogP contribution in [-0.4, -0.2) is 60.6 Å². The van der Waals surface area contributed by atoms with Gasteiger partial charge in [0.25, 0.3) is 5.91 Å². The maximum Gasteiger partial charge on any atom is 0.274 e. The van der Waals surface area contributed by atoms with Crippen molar-refractivity contribution in [3.05, 3.63) is 17.5 Å². The SMILES string of the molecule is COCCOCC1CCN(C(=O)c2cc(C)n(C)n2)CC1. The lowest BCUT2D eigenvalue weighted by atomic mass is 9.97. The monoisotopic (exact) mass is 295 g/mol. The summed E-state index contributed by atoms with van der Waals surface area (Å²) in [6.07, 6.45) is 1.98. The van der Waals surface area contributed by atoms with E-state index in [-0.39, 0.29) is 5.91 Å². The molecule has 6 nitrogen and oxygen atoms in total. The Hall–Kier alpha value is -1.40. The molecule has 0 spiro atoms. The van der Waals surface area contributed by atoms with Gasteiger partial charge in [-0.3, -0.25) is 9.48 Å². The molecule has 1 aliphatic heterocycles. The van der Waals surface area contributed by atoms with Gasteiger partial charge < -0.3 is 14.4 Å². The van der Waals surface area contributed by atoms with Gasteiger partial charge in [0.2, 0.25) is 0 Å². The minimum atomic E-state index is 0.0393. The highest BCUT2D eigenvalue weighted by molar-refractivity contribution is 5.92. The molecule has 2 rings (SSSR count). The second-order valence-electron chi connectivity index (χ2n) is 5.60. The van der Waals surface area contributed by atoms with E-state index in [9.17, 15) is 4.79 Å². The second-order valence-corrected chi connectivity index (χ2v) is 5.60. The lowest BCUT2D eigenvalue weighted by Crippen LogP contribution is -2.39. The van der Waals surface area contributed by atoms with Crippen LogP contribution in [0.5, 0.6) is 0 Å². The molecule has 118 valence electrons. The van der Waals surface area contributed by atoms with E-state index in [1.165, 1.54) is 0 Å². The molecule has 1 saturated heterocycles. The van der Waals surface area contributed by atoms with Gasteiger partial charge in [-0.05, 0) is 31.7 Å². The molecular weight excluding hydrogens is 270 g/mol. The van der Waals surface area contributed by atoms with Crippen molar-refractivity contribution in [2.75, 3.05) is 40.0 Å². The lowest BCUT2D eigenvalue weighted by molar-refractivity contribution is 0.0326. The van der Waals surface area contributed by atoms with Gasteiger partial charge in [0.1, 0.15) is 0 Å². The third-order valence-electron chi connectivity index (χ3n) is 4.02. The number of rotatable bonds is 6. The number of ether oxygens (including phenoxy) is 2. The quantitative estimate of drug-likeness (QED) is 0.741. The summed E-state index contributed by atoms with van der Waals surface area (Å²) in [6, 6.07) is 1.85. The molecule has 0 atom stereocenters. The van der Waals surface area contributed by atoms with Crippen LogP contribution in [0.2, 0.25) is 0 Å². The number of aromatic nitrogens is 2. The van der Waals surface area contributed by atoms with E-state index in [0.29, 0.717) is 24.8 Å². The Balaban J connectivity index is 1.77. The van der Waals surface area contributed by atoms with Crippen molar-refractivity contribution in [3.8, 4) is 0 Å². The highest BCUT2D eigenvalue weighted by atomic mass is 16.5. The number of hydrogen-bond donors (Lipinski definition) is 0. The fourth-order valence-corrected chi connectivity index (χ4v) is 2.52. The second kappa shape index (κ2) is 7.56. The fraction of sp³-hybridized carbons (Fsp3) is 0.733. The zero-order valence-electron chi connectivity index (χ0n) is 13.2. The average molecular weight is 295 g/mol. The Bertz CT molecular complexity index is 445. The molecule has 1 aromatic heterocycles. The summed E-state index contributed by atoms with van der Waals surface area (Å²) in [4.78, 5) is 14.3. The van der Waals surface area contributed by atoms with Crippen LogP contribution >= 0.6 is 0 Å². The van der Waals surface area contributed by atoms with Gasteiger partial charge in [0, 0.05) is 39.5 Å². The molecule has 2 heterocycles. The van der Waals surface area contributed by atoms with Crippen LogP contribution < -0.4 is 0 Å². The zero-order valence-corrected chi connectivity index (χ0v) is 13.2. The first-order valence-electron chi connectivity index (χ1n) is 7.48. The van der Waals surface area contributed by atoms with E-state index >= 15 is 0 Å². The van der Waals surface area contributed by atoms with E-state index in [1.54, 1.807) is 11.8 Å². The molecule has 1 amide bonds. The van der Waals surface area contributed by atoms with Crippen molar-refractivity contribution in [2.24, 2.45) is 13.0 Å². The van der Waals surface area contributed by atoms with Gasteiger partial charge in [0.05, 0.1) is 13.2 Å². The van der Waals surface area contributed by atoms with Crippen LogP contribution in [0.3, 0.4) is 0 Å². The maximum absolute atomic E-state index is 12.4. The predicted molar refractivity (Wildman–Crippen MR) is 79.3 cm³/mol. The number of amides is 1. The van der Waals surface area contributed by atoms with Crippen LogP contribution in [0, 0.1) is 12.8 Å². The molecule has 1 aromatic rings. The van der Waals surface area contributed by atoms with Crippen LogP contribution in [0.4, 0.5) is 0 Å². The number of hydrogen-bond acceptors (Lipinski definition) is 4. The first-order chi connectivity index (χ1) is 10.1. The number of piperidine rings is 1.